The second-order valence-electron chi connectivity index (χ2n) is 7.57. The quantitative estimate of drug-likeness (QED) is 0.818. The Balaban J connectivity index is 1.45. The molecule has 5 rings (SSSR count). The lowest BCUT2D eigenvalue weighted by Crippen LogP contribution is -2.53. The van der Waals surface area contributed by atoms with Crippen LogP contribution in [0, 0.1) is 0 Å². The van der Waals surface area contributed by atoms with Crippen molar-refractivity contribution in [2.75, 3.05) is 62.2 Å². The first-order chi connectivity index (χ1) is 12.9. The van der Waals surface area contributed by atoms with E-state index in [-0.39, 0.29) is 0 Å². The zero-order valence-electron chi connectivity index (χ0n) is 15.5. The van der Waals surface area contributed by atoms with Crippen LogP contribution in [-0.2, 0) is 0 Å². The van der Waals surface area contributed by atoms with Gasteiger partial charge in [-0.15, -0.1) is 0 Å². The van der Waals surface area contributed by atoms with E-state index in [4.69, 9.17) is 9.98 Å². The zero-order chi connectivity index (χ0) is 17.3. The molecule has 4 aliphatic rings. The Kier molecular flexibility index (Phi) is 4.19. The van der Waals surface area contributed by atoms with Crippen molar-refractivity contribution in [3.63, 3.8) is 0 Å². The van der Waals surface area contributed by atoms with E-state index >= 15 is 0 Å². The van der Waals surface area contributed by atoms with E-state index in [1.807, 2.05) is 0 Å². The number of rotatable bonds is 2. The van der Waals surface area contributed by atoms with E-state index in [0.29, 0.717) is 0 Å². The molecule has 0 aromatic heterocycles. The van der Waals surface area contributed by atoms with E-state index in [9.17, 15) is 0 Å². The summed E-state index contributed by atoms with van der Waals surface area (Å²) < 4.78 is 0. The smallest absolute Gasteiger partial charge is 0.201 e. The number of guanidine groups is 2. The van der Waals surface area contributed by atoms with Crippen LogP contribution in [0.5, 0.6) is 0 Å². The molecule has 0 radical (unpaired) electrons. The molecule has 1 aromatic rings. The average Bonchev–Trinajstić information content (AvgIpc) is 2.73. The van der Waals surface area contributed by atoms with E-state index < -0.39 is 0 Å². The summed E-state index contributed by atoms with van der Waals surface area (Å²) in [7, 11) is 0. The highest BCUT2D eigenvalue weighted by atomic mass is 15.4. The Morgan fingerprint density at radius 1 is 0.615 bits per heavy atom. The molecule has 0 amide bonds. The van der Waals surface area contributed by atoms with Crippen molar-refractivity contribution >= 4 is 23.3 Å². The molecule has 26 heavy (non-hydrogen) atoms. The summed E-state index contributed by atoms with van der Waals surface area (Å²) >= 11 is 0. The van der Waals surface area contributed by atoms with E-state index in [0.717, 1.165) is 52.4 Å². The highest BCUT2D eigenvalue weighted by Gasteiger charge is 2.29. The van der Waals surface area contributed by atoms with Gasteiger partial charge in [-0.3, -0.25) is 9.98 Å². The molecule has 6 nitrogen and oxygen atoms in total. The van der Waals surface area contributed by atoms with Gasteiger partial charge in [0.2, 0.25) is 11.9 Å². The summed E-state index contributed by atoms with van der Waals surface area (Å²) in [5, 5.41) is 0. The highest BCUT2D eigenvalue weighted by molar-refractivity contribution is 6.00. The fraction of sp³-hybridized carbons (Fsp3) is 0.600. The van der Waals surface area contributed by atoms with Crippen molar-refractivity contribution in [3.05, 3.63) is 24.3 Å². The third kappa shape index (κ3) is 2.81. The van der Waals surface area contributed by atoms with Crippen molar-refractivity contribution in [1.29, 1.82) is 0 Å². The van der Waals surface area contributed by atoms with Gasteiger partial charge in [0.1, 0.15) is 0 Å². The maximum atomic E-state index is 4.84. The molecule has 2 fully saturated rings. The molecule has 0 N–H and O–H groups in total. The number of aliphatic imine (C=N–C) groups is 2. The van der Waals surface area contributed by atoms with Gasteiger partial charge < -0.3 is 19.6 Å². The molecule has 4 heterocycles. The zero-order valence-corrected chi connectivity index (χ0v) is 15.5. The van der Waals surface area contributed by atoms with Gasteiger partial charge in [-0.2, -0.15) is 0 Å². The van der Waals surface area contributed by atoms with Gasteiger partial charge in [0.25, 0.3) is 0 Å². The minimum absolute atomic E-state index is 0.958. The Morgan fingerprint density at radius 2 is 1.12 bits per heavy atom. The topological polar surface area (TPSA) is 37.7 Å². The number of benzene rings is 1. The molecular weight excluding hydrogens is 324 g/mol. The Bertz CT molecular complexity index is 670. The van der Waals surface area contributed by atoms with Crippen LogP contribution in [0.1, 0.15) is 25.7 Å². The SMILES string of the molecule is c1cc(N2CCCN3CCCN=C32)cc(N2CCCN3CCCN=C32)c1. The average molecular weight is 352 g/mol. The first-order valence-corrected chi connectivity index (χ1v) is 10.1. The normalized spacial score (nSPS) is 23.2. The minimum atomic E-state index is 0.958. The Labute approximate surface area is 155 Å². The lowest BCUT2D eigenvalue weighted by molar-refractivity contribution is 0.359. The lowest BCUT2D eigenvalue weighted by Gasteiger charge is -2.42. The monoisotopic (exact) mass is 352 g/mol. The van der Waals surface area contributed by atoms with Crippen LogP contribution in [0.4, 0.5) is 11.4 Å². The molecule has 0 spiro atoms. The van der Waals surface area contributed by atoms with Crippen LogP contribution in [0.3, 0.4) is 0 Å². The van der Waals surface area contributed by atoms with Crippen LogP contribution in [0.2, 0.25) is 0 Å². The van der Waals surface area contributed by atoms with Crippen LogP contribution < -0.4 is 9.80 Å². The summed E-state index contributed by atoms with van der Waals surface area (Å²) in [6, 6.07) is 8.99. The summed E-state index contributed by atoms with van der Waals surface area (Å²) in [6.07, 6.45) is 4.77. The maximum absolute atomic E-state index is 4.84. The molecule has 0 bridgehead atoms. The van der Waals surface area contributed by atoms with Gasteiger partial charge in [0, 0.05) is 63.7 Å². The second-order valence-corrected chi connectivity index (χ2v) is 7.57. The van der Waals surface area contributed by atoms with Gasteiger partial charge in [-0.1, -0.05) is 6.07 Å². The van der Waals surface area contributed by atoms with E-state index in [1.165, 1.54) is 49.0 Å². The molecule has 138 valence electrons. The van der Waals surface area contributed by atoms with E-state index in [1.54, 1.807) is 0 Å². The van der Waals surface area contributed by atoms with Gasteiger partial charge in [0.05, 0.1) is 0 Å². The number of anilines is 2. The first-order valence-electron chi connectivity index (χ1n) is 10.1. The van der Waals surface area contributed by atoms with Gasteiger partial charge in [-0.25, -0.2) is 0 Å². The van der Waals surface area contributed by atoms with Gasteiger partial charge in [0.15, 0.2) is 0 Å². The lowest BCUT2D eigenvalue weighted by atomic mass is 10.1. The van der Waals surface area contributed by atoms with Gasteiger partial charge >= 0.3 is 0 Å². The van der Waals surface area contributed by atoms with Crippen molar-refractivity contribution in [2.45, 2.75) is 25.7 Å². The number of fused-ring (bicyclic) bond motifs is 2. The second kappa shape index (κ2) is 6.82. The molecule has 6 heteroatoms. The summed E-state index contributed by atoms with van der Waals surface area (Å²) in [5.41, 5.74) is 2.53. The van der Waals surface area contributed by atoms with Crippen molar-refractivity contribution in [2.24, 2.45) is 9.98 Å². The largest absolute Gasteiger partial charge is 0.342 e. The Hall–Kier alpha value is -2.24. The van der Waals surface area contributed by atoms with Crippen molar-refractivity contribution in [1.82, 2.24) is 9.80 Å². The first kappa shape index (κ1) is 16.0. The summed E-state index contributed by atoms with van der Waals surface area (Å²) in [6.45, 7) is 8.62. The van der Waals surface area contributed by atoms with E-state index in [2.05, 4.69) is 43.9 Å². The highest BCUT2D eigenvalue weighted by Crippen LogP contribution is 2.29. The Morgan fingerprint density at radius 3 is 1.65 bits per heavy atom. The van der Waals surface area contributed by atoms with Gasteiger partial charge in [-0.05, 0) is 43.9 Å². The third-order valence-corrected chi connectivity index (χ3v) is 5.80. The van der Waals surface area contributed by atoms with Crippen LogP contribution in [0.15, 0.2) is 34.3 Å². The summed E-state index contributed by atoms with van der Waals surface area (Å²) in [4.78, 5) is 19.4. The molecule has 0 atom stereocenters. The molecule has 0 unspecified atom stereocenters. The van der Waals surface area contributed by atoms with Crippen LogP contribution in [0.25, 0.3) is 0 Å². The standard InChI is InChI=1S/C20H28N6/c1-6-17(25-14-4-12-23-10-2-8-21-19(23)25)16-18(7-1)26-15-5-13-24-11-3-9-22-20(24)26/h1,6-7,16H,2-5,8-15H2. The fourth-order valence-corrected chi connectivity index (χ4v) is 4.57. The van der Waals surface area contributed by atoms with Crippen LogP contribution in [-0.4, -0.2) is 74.1 Å². The molecule has 1 aromatic carbocycles. The molecular formula is C20H28N6. The van der Waals surface area contributed by atoms with Crippen LogP contribution >= 0.6 is 0 Å². The maximum Gasteiger partial charge on any atom is 0.201 e. The molecule has 4 aliphatic heterocycles. The summed E-state index contributed by atoms with van der Waals surface area (Å²) in [5.74, 6) is 2.35. The molecule has 0 aliphatic carbocycles. The number of nitrogens with zero attached hydrogens (tertiary/aromatic N) is 6. The predicted molar refractivity (Wildman–Crippen MR) is 107 cm³/mol. The van der Waals surface area contributed by atoms with Crippen molar-refractivity contribution < 1.29 is 0 Å². The minimum Gasteiger partial charge on any atom is -0.342 e. The van der Waals surface area contributed by atoms with Crippen molar-refractivity contribution in [3.8, 4) is 0 Å². The molecule has 0 saturated carbocycles. The number of hydrogen-bond acceptors (Lipinski definition) is 6. The predicted octanol–water partition coefficient (Wildman–Crippen LogP) is 2.23. The third-order valence-electron chi connectivity index (χ3n) is 5.80. The number of hydrogen-bond donors (Lipinski definition) is 0. The fourth-order valence-electron chi connectivity index (χ4n) is 4.57. The molecule has 2 saturated heterocycles.